The van der Waals surface area contributed by atoms with Crippen LogP contribution in [0.15, 0.2) is 0 Å². The maximum absolute atomic E-state index is 13.5. The first kappa shape index (κ1) is 19.6. The quantitative estimate of drug-likeness (QED) is 0.632. The largest absolute Gasteiger partial charge is 0.316 e. The van der Waals surface area contributed by atoms with Crippen molar-refractivity contribution in [2.24, 2.45) is 34.5 Å². The van der Waals surface area contributed by atoms with Crippen LogP contribution in [0.4, 0.5) is 5.00 Å². The van der Waals surface area contributed by atoms with Crippen molar-refractivity contribution < 1.29 is 4.79 Å². The molecule has 1 aromatic heterocycles. The van der Waals surface area contributed by atoms with E-state index in [0.29, 0.717) is 11.3 Å². The number of nitrogens with zero attached hydrogens (tertiary/aromatic N) is 1. The summed E-state index contributed by atoms with van der Waals surface area (Å²) in [5.74, 6) is 3.16. The van der Waals surface area contributed by atoms with Gasteiger partial charge in [0.1, 0.15) is 11.1 Å². The zero-order valence-corrected chi connectivity index (χ0v) is 19.0. The fourth-order valence-electron chi connectivity index (χ4n) is 7.37. The van der Waals surface area contributed by atoms with Crippen molar-refractivity contribution >= 4 is 22.2 Å². The number of hydrogen-bond donors (Lipinski definition) is 1. The summed E-state index contributed by atoms with van der Waals surface area (Å²) < 4.78 is 0. The van der Waals surface area contributed by atoms with Gasteiger partial charge in [0.25, 0.3) is 0 Å². The first-order chi connectivity index (χ1) is 13.8. The van der Waals surface area contributed by atoms with Gasteiger partial charge < -0.3 is 5.32 Å². The topological polar surface area (TPSA) is 52.9 Å². The van der Waals surface area contributed by atoms with Crippen molar-refractivity contribution in [1.29, 1.82) is 5.26 Å². The zero-order valence-electron chi connectivity index (χ0n) is 18.1. The lowest BCUT2D eigenvalue weighted by atomic mass is 9.49. The van der Waals surface area contributed by atoms with Crippen molar-refractivity contribution in [3.63, 3.8) is 0 Å². The molecule has 4 fully saturated rings. The normalized spacial score (nSPS) is 35.2. The van der Waals surface area contributed by atoms with Crippen molar-refractivity contribution in [3.8, 4) is 6.07 Å². The van der Waals surface area contributed by atoms with Crippen LogP contribution in [-0.2, 0) is 17.6 Å². The number of thiophene rings is 1. The number of nitrogens with one attached hydrogen (secondary N) is 1. The minimum Gasteiger partial charge on any atom is -0.316 e. The lowest BCUT2D eigenvalue weighted by Gasteiger charge is -2.55. The van der Waals surface area contributed by atoms with Crippen molar-refractivity contribution in [1.82, 2.24) is 0 Å². The Morgan fingerprint density at radius 3 is 2.38 bits per heavy atom. The number of rotatable bonds is 4. The molecule has 156 valence electrons. The fourth-order valence-corrected chi connectivity index (χ4v) is 8.65. The van der Waals surface area contributed by atoms with Crippen LogP contribution in [0.2, 0.25) is 0 Å². The number of nitriles is 1. The van der Waals surface area contributed by atoms with Gasteiger partial charge >= 0.3 is 0 Å². The first-order valence-corrected chi connectivity index (χ1v) is 12.5. The van der Waals surface area contributed by atoms with Gasteiger partial charge in [-0.3, -0.25) is 4.79 Å². The molecule has 0 spiro atoms. The Bertz CT molecular complexity index is 839. The number of carbonyl (C=O) groups excluding carboxylic acids is 1. The molecule has 1 atom stereocenters. The molecule has 0 aromatic carbocycles. The molecule has 1 heterocycles. The molecule has 1 amide bonds. The van der Waals surface area contributed by atoms with Crippen molar-refractivity contribution in [3.05, 3.63) is 16.0 Å². The molecule has 1 aromatic rings. The Kier molecular flexibility index (Phi) is 4.63. The second kappa shape index (κ2) is 6.84. The highest BCUT2D eigenvalue weighted by Crippen LogP contribution is 2.60. The Balaban J connectivity index is 1.39. The number of carbonyl (C=O) groups is 1. The minimum atomic E-state index is -0.154. The monoisotopic (exact) mass is 410 g/mol. The predicted octanol–water partition coefficient (Wildman–Crippen LogP) is 6.32. The van der Waals surface area contributed by atoms with E-state index in [1.165, 1.54) is 36.1 Å². The van der Waals surface area contributed by atoms with Crippen LogP contribution in [0.25, 0.3) is 0 Å². The second-order valence-electron chi connectivity index (χ2n) is 11.3. The molecule has 1 N–H and O–H groups in total. The molecular formula is C25H34N2OS. The average Bonchev–Trinajstić information content (AvgIpc) is 3.03. The Morgan fingerprint density at radius 2 is 1.83 bits per heavy atom. The van der Waals surface area contributed by atoms with Crippen LogP contribution in [-0.4, -0.2) is 5.91 Å². The second-order valence-corrected chi connectivity index (χ2v) is 12.4. The molecule has 3 nitrogen and oxygen atoms in total. The van der Waals surface area contributed by atoms with E-state index >= 15 is 0 Å². The molecule has 0 aliphatic heterocycles. The summed E-state index contributed by atoms with van der Waals surface area (Å²) in [6, 6.07) is 2.45. The third-order valence-electron chi connectivity index (χ3n) is 9.14. The molecule has 4 heteroatoms. The van der Waals surface area contributed by atoms with E-state index in [1.807, 2.05) is 0 Å². The summed E-state index contributed by atoms with van der Waals surface area (Å²) >= 11 is 1.69. The lowest BCUT2D eigenvalue weighted by Crippen LogP contribution is -2.51. The van der Waals surface area contributed by atoms with E-state index in [4.69, 9.17) is 0 Å². The maximum Gasteiger partial charge on any atom is 0.231 e. The highest BCUT2D eigenvalue weighted by molar-refractivity contribution is 7.16. The van der Waals surface area contributed by atoms with E-state index in [2.05, 4.69) is 32.2 Å². The summed E-state index contributed by atoms with van der Waals surface area (Å²) in [4.78, 5) is 14.9. The summed E-state index contributed by atoms with van der Waals surface area (Å²) in [5, 5.41) is 14.0. The lowest BCUT2D eigenvalue weighted by molar-refractivity contribution is -0.140. The van der Waals surface area contributed by atoms with Gasteiger partial charge in [0.2, 0.25) is 5.91 Å². The molecule has 6 rings (SSSR count). The van der Waals surface area contributed by atoms with Gasteiger partial charge in [-0.05, 0) is 92.4 Å². The summed E-state index contributed by atoms with van der Waals surface area (Å²) in [7, 11) is 0. The molecule has 4 saturated carbocycles. The minimum absolute atomic E-state index is 0.154. The number of fused-ring (bicyclic) bond motifs is 1. The third-order valence-corrected chi connectivity index (χ3v) is 10.3. The van der Waals surface area contributed by atoms with Gasteiger partial charge in [0.15, 0.2) is 0 Å². The van der Waals surface area contributed by atoms with Gasteiger partial charge in [-0.1, -0.05) is 27.2 Å². The SMILES string of the molecule is CCC(C)(C)C1CCc2c(sc(NC(=O)C34CC5CC(CC(C5)C3)C4)c2C#N)C1. The van der Waals surface area contributed by atoms with Crippen LogP contribution >= 0.6 is 11.3 Å². The third kappa shape index (κ3) is 3.16. The van der Waals surface area contributed by atoms with E-state index in [0.717, 1.165) is 66.8 Å². The van der Waals surface area contributed by atoms with Gasteiger partial charge in [0.05, 0.1) is 11.0 Å². The molecule has 5 aliphatic carbocycles. The predicted molar refractivity (Wildman–Crippen MR) is 118 cm³/mol. The number of hydrogen-bond acceptors (Lipinski definition) is 3. The Labute approximate surface area is 179 Å². The summed E-state index contributed by atoms with van der Waals surface area (Å²) in [5.41, 5.74) is 2.16. The molecule has 1 unspecified atom stereocenters. The van der Waals surface area contributed by atoms with Crippen LogP contribution in [0.3, 0.4) is 0 Å². The fraction of sp³-hybridized carbons (Fsp3) is 0.760. The van der Waals surface area contributed by atoms with Gasteiger partial charge in [-0.2, -0.15) is 5.26 Å². The van der Waals surface area contributed by atoms with Gasteiger partial charge in [-0.15, -0.1) is 11.3 Å². The Hall–Kier alpha value is -1.34. The van der Waals surface area contributed by atoms with Gasteiger partial charge in [0, 0.05) is 4.88 Å². The van der Waals surface area contributed by atoms with E-state index in [1.54, 1.807) is 11.3 Å². The smallest absolute Gasteiger partial charge is 0.231 e. The molecule has 4 bridgehead atoms. The Morgan fingerprint density at radius 1 is 1.21 bits per heavy atom. The molecule has 0 saturated heterocycles. The maximum atomic E-state index is 13.5. The van der Waals surface area contributed by atoms with Crippen LogP contribution in [0.5, 0.6) is 0 Å². The van der Waals surface area contributed by atoms with Crippen LogP contribution < -0.4 is 5.32 Å². The van der Waals surface area contributed by atoms with Crippen LogP contribution in [0.1, 0.15) is 88.1 Å². The van der Waals surface area contributed by atoms with E-state index in [-0.39, 0.29) is 11.3 Å². The average molecular weight is 411 g/mol. The number of anilines is 1. The van der Waals surface area contributed by atoms with Gasteiger partial charge in [-0.25, -0.2) is 0 Å². The molecule has 0 radical (unpaired) electrons. The standard InChI is InChI=1S/C25H34N2OS/c1-4-24(2,3)18-5-6-19-20(14-26)22(29-21(19)10-18)27-23(28)25-11-15-7-16(12-25)9-17(8-15)13-25/h15-18H,4-13H2,1-3H3,(H,27,28). The zero-order chi connectivity index (χ0) is 20.4. The van der Waals surface area contributed by atoms with E-state index < -0.39 is 0 Å². The molecule has 5 aliphatic rings. The molecule has 29 heavy (non-hydrogen) atoms. The van der Waals surface area contributed by atoms with E-state index in [9.17, 15) is 10.1 Å². The van der Waals surface area contributed by atoms with Crippen LogP contribution in [0, 0.1) is 45.8 Å². The van der Waals surface area contributed by atoms with Crippen molar-refractivity contribution in [2.45, 2.75) is 85.0 Å². The summed E-state index contributed by atoms with van der Waals surface area (Å²) in [6.07, 6.45) is 11.6. The van der Waals surface area contributed by atoms with Crippen molar-refractivity contribution in [2.75, 3.05) is 5.32 Å². The first-order valence-electron chi connectivity index (χ1n) is 11.7. The molecular weight excluding hydrogens is 376 g/mol. The highest BCUT2D eigenvalue weighted by Gasteiger charge is 2.54. The number of amides is 1. The summed E-state index contributed by atoms with van der Waals surface area (Å²) in [6.45, 7) is 7.02. The highest BCUT2D eigenvalue weighted by atomic mass is 32.1.